The Morgan fingerprint density at radius 1 is 1.47 bits per heavy atom. The van der Waals surface area contributed by atoms with Crippen molar-refractivity contribution < 1.29 is 13.3 Å². The van der Waals surface area contributed by atoms with Gasteiger partial charge in [0.25, 0.3) is 5.69 Å². The van der Waals surface area contributed by atoms with E-state index in [2.05, 4.69) is 5.32 Å². The van der Waals surface area contributed by atoms with Crippen LogP contribution < -0.4 is 5.32 Å². The van der Waals surface area contributed by atoms with Gasteiger partial charge >= 0.3 is 0 Å². The van der Waals surface area contributed by atoms with Crippen molar-refractivity contribution in [2.24, 2.45) is 0 Å². The molecule has 0 spiro atoms. The first-order valence-corrected chi connectivity index (χ1v) is 8.01. The van der Waals surface area contributed by atoms with Gasteiger partial charge in [0, 0.05) is 23.4 Å². The van der Waals surface area contributed by atoms with Gasteiger partial charge in [-0.1, -0.05) is 11.6 Å². The third kappa shape index (κ3) is 5.44. The maximum atomic E-state index is 11.1. The number of rotatable bonds is 6. The lowest BCUT2D eigenvalue weighted by Gasteiger charge is -2.14. The van der Waals surface area contributed by atoms with Crippen LogP contribution in [0.25, 0.3) is 0 Å². The highest BCUT2D eigenvalue weighted by molar-refractivity contribution is 7.90. The van der Waals surface area contributed by atoms with Gasteiger partial charge < -0.3 is 5.32 Å². The summed E-state index contributed by atoms with van der Waals surface area (Å²) < 4.78 is 22.1. The fraction of sp³-hybridized carbons (Fsp3) is 0.455. The molecule has 0 radical (unpaired) electrons. The Morgan fingerprint density at radius 2 is 2.11 bits per heavy atom. The first-order chi connectivity index (χ1) is 8.69. The first-order valence-electron chi connectivity index (χ1n) is 5.57. The molecule has 6 nitrogen and oxygen atoms in total. The molecule has 0 amide bonds. The van der Waals surface area contributed by atoms with Gasteiger partial charge in [-0.3, -0.25) is 10.1 Å². The Morgan fingerprint density at radius 3 is 2.63 bits per heavy atom. The van der Waals surface area contributed by atoms with E-state index in [4.69, 9.17) is 11.6 Å². The van der Waals surface area contributed by atoms with Crippen LogP contribution in [-0.4, -0.2) is 31.4 Å². The number of nitrogens with zero attached hydrogens (tertiary/aromatic N) is 1. The summed E-state index contributed by atoms with van der Waals surface area (Å²) in [6, 6.07) is 4.11. The Labute approximate surface area is 116 Å². The lowest BCUT2D eigenvalue weighted by atomic mass is 10.2. The number of halogens is 1. The van der Waals surface area contributed by atoms with E-state index in [-0.39, 0.29) is 22.5 Å². The van der Waals surface area contributed by atoms with Crippen LogP contribution in [0.2, 0.25) is 5.02 Å². The maximum Gasteiger partial charge on any atom is 0.293 e. The van der Waals surface area contributed by atoms with Crippen molar-refractivity contribution in [2.75, 3.05) is 17.3 Å². The zero-order valence-electron chi connectivity index (χ0n) is 10.6. The number of benzene rings is 1. The molecule has 0 aliphatic rings. The molecular weight excluding hydrogens is 292 g/mol. The van der Waals surface area contributed by atoms with Crippen LogP contribution in [0, 0.1) is 10.1 Å². The highest BCUT2D eigenvalue weighted by Crippen LogP contribution is 2.28. The molecule has 8 heteroatoms. The maximum absolute atomic E-state index is 11.1. The standard InChI is InChI=1S/C11H15ClN2O4S/c1-8(5-6-19(2,17)18)13-10-4-3-9(12)7-11(10)14(15)16/h3-4,7-8,13H,5-6H2,1-2H3. The Balaban J connectivity index is 2.79. The second-order valence-electron chi connectivity index (χ2n) is 4.38. The van der Waals surface area contributed by atoms with Gasteiger partial charge in [-0.05, 0) is 25.5 Å². The van der Waals surface area contributed by atoms with Crippen molar-refractivity contribution in [3.8, 4) is 0 Å². The third-order valence-corrected chi connectivity index (χ3v) is 3.69. The van der Waals surface area contributed by atoms with Gasteiger partial charge in [0.1, 0.15) is 15.5 Å². The summed E-state index contributed by atoms with van der Waals surface area (Å²) in [7, 11) is -3.04. The Hall–Kier alpha value is -1.34. The highest BCUT2D eigenvalue weighted by atomic mass is 35.5. The predicted molar refractivity (Wildman–Crippen MR) is 75.5 cm³/mol. The molecular formula is C11H15ClN2O4S. The Kier molecular flexibility index (Phi) is 5.13. The topological polar surface area (TPSA) is 89.3 Å². The van der Waals surface area contributed by atoms with Crippen LogP contribution in [0.3, 0.4) is 0 Å². The second kappa shape index (κ2) is 6.21. The van der Waals surface area contributed by atoms with Crippen LogP contribution in [0.15, 0.2) is 18.2 Å². The van der Waals surface area contributed by atoms with Crippen molar-refractivity contribution in [1.82, 2.24) is 0 Å². The van der Waals surface area contributed by atoms with E-state index in [1.165, 1.54) is 12.1 Å². The monoisotopic (exact) mass is 306 g/mol. The summed E-state index contributed by atoms with van der Waals surface area (Å²) in [6.07, 6.45) is 1.53. The average molecular weight is 307 g/mol. The molecule has 0 bridgehead atoms. The van der Waals surface area contributed by atoms with Crippen LogP contribution in [0.5, 0.6) is 0 Å². The van der Waals surface area contributed by atoms with Crippen molar-refractivity contribution >= 4 is 32.8 Å². The molecule has 0 aliphatic heterocycles. The molecule has 1 N–H and O–H groups in total. The molecule has 0 aromatic heterocycles. The van der Waals surface area contributed by atoms with E-state index >= 15 is 0 Å². The number of sulfone groups is 1. The van der Waals surface area contributed by atoms with Crippen LogP contribution >= 0.6 is 11.6 Å². The second-order valence-corrected chi connectivity index (χ2v) is 7.08. The number of nitro benzene ring substituents is 1. The summed E-state index contributed by atoms with van der Waals surface area (Å²) >= 11 is 5.71. The zero-order valence-corrected chi connectivity index (χ0v) is 12.2. The summed E-state index contributed by atoms with van der Waals surface area (Å²) in [5.41, 5.74) is 0.203. The minimum atomic E-state index is -3.04. The minimum Gasteiger partial charge on any atom is -0.377 e. The SMILES string of the molecule is CC(CCS(C)(=O)=O)Nc1ccc(Cl)cc1[N+](=O)[O-]. The molecule has 1 aromatic carbocycles. The number of anilines is 1. The van der Waals surface area contributed by atoms with E-state index in [1.54, 1.807) is 13.0 Å². The molecule has 1 aromatic rings. The van der Waals surface area contributed by atoms with E-state index in [0.717, 1.165) is 6.26 Å². The molecule has 0 saturated carbocycles. The summed E-state index contributed by atoms with van der Waals surface area (Å²) in [6.45, 7) is 1.77. The molecule has 0 heterocycles. The van der Waals surface area contributed by atoms with E-state index in [1.807, 2.05) is 0 Å². The van der Waals surface area contributed by atoms with Gasteiger partial charge in [-0.15, -0.1) is 0 Å². The normalized spacial score (nSPS) is 13.0. The van der Waals surface area contributed by atoms with E-state index in [9.17, 15) is 18.5 Å². The fourth-order valence-electron chi connectivity index (χ4n) is 1.51. The lowest BCUT2D eigenvalue weighted by Crippen LogP contribution is -2.20. The molecule has 0 fully saturated rings. The molecule has 106 valence electrons. The third-order valence-electron chi connectivity index (χ3n) is 2.48. The van der Waals surface area contributed by atoms with Crippen molar-refractivity contribution in [3.05, 3.63) is 33.3 Å². The van der Waals surface area contributed by atoms with Gasteiger partial charge in [0.15, 0.2) is 0 Å². The van der Waals surface area contributed by atoms with Gasteiger partial charge in [0.05, 0.1) is 10.7 Å². The largest absolute Gasteiger partial charge is 0.377 e. The summed E-state index contributed by atoms with van der Waals surface area (Å²) in [4.78, 5) is 10.4. The summed E-state index contributed by atoms with van der Waals surface area (Å²) in [5, 5.41) is 14.1. The molecule has 1 unspecified atom stereocenters. The van der Waals surface area contributed by atoms with E-state index in [0.29, 0.717) is 12.1 Å². The van der Waals surface area contributed by atoms with Crippen molar-refractivity contribution in [2.45, 2.75) is 19.4 Å². The molecule has 19 heavy (non-hydrogen) atoms. The smallest absolute Gasteiger partial charge is 0.293 e. The summed E-state index contributed by atoms with van der Waals surface area (Å²) in [5.74, 6) is 0.0303. The minimum absolute atomic E-state index is 0.0303. The highest BCUT2D eigenvalue weighted by Gasteiger charge is 2.16. The van der Waals surface area contributed by atoms with Gasteiger partial charge in [-0.25, -0.2) is 8.42 Å². The quantitative estimate of drug-likeness (QED) is 0.644. The number of nitro groups is 1. The molecule has 0 aliphatic carbocycles. The van der Waals surface area contributed by atoms with Crippen molar-refractivity contribution in [1.29, 1.82) is 0 Å². The zero-order chi connectivity index (χ0) is 14.6. The van der Waals surface area contributed by atoms with Crippen LogP contribution in [-0.2, 0) is 9.84 Å². The fourth-order valence-corrected chi connectivity index (χ4v) is 2.45. The predicted octanol–water partition coefficient (Wildman–Crippen LogP) is 2.48. The van der Waals surface area contributed by atoms with Gasteiger partial charge in [0.2, 0.25) is 0 Å². The number of hydrogen-bond acceptors (Lipinski definition) is 5. The van der Waals surface area contributed by atoms with Crippen LogP contribution in [0.4, 0.5) is 11.4 Å². The number of nitrogens with one attached hydrogen (secondary N) is 1. The molecule has 0 saturated heterocycles. The Bertz CT molecular complexity index is 574. The lowest BCUT2D eigenvalue weighted by molar-refractivity contribution is -0.384. The molecule has 1 rings (SSSR count). The van der Waals surface area contributed by atoms with E-state index < -0.39 is 14.8 Å². The van der Waals surface area contributed by atoms with Crippen LogP contribution in [0.1, 0.15) is 13.3 Å². The average Bonchev–Trinajstić information content (AvgIpc) is 2.28. The van der Waals surface area contributed by atoms with Gasteiger partial charge in [-0.2, -0.15) is 0 Å². The molecule has 1 atom stereocenters. The van der Waals surface area contributed by atoms with Crippen molar-refractivity contribution in [3.63, 3.8) is 0 Å². The number of hydrogen-bond donors (Lipinski definition) is 1. The first kappa shape index (κ1) is 15.7.